The average Bonchev–Trinajstić information content (AvgIpc) is 2.74. The molecule has 84 valence electrons. The fourth-order valence-corrected chi connectivity index (χ4v) is 2.93. The maximum Gasteiger partial charge on any atom is 0.124 e. The number of thioether (sulfide) groups is 1. The molecule has 0 aliphatic carbocycles. The van der Waals surface area contributed by atoms with E-state index in [0.29, 0.717) is 11.4 Å². The number of halogens is 1. The molecule has 2 aromatic rings. The van der Waals surface area contributed by atoms with Crippen LogP contribution >= 0.6 is 23.1 Å². The molecule has 0 saturated heterocycles. The zero-order valence-corrected chi connectivity index (χ0v) is 10.0. The molecule has 0 aliphatic rings. The van der Waals surface area contributed by atoms with Gasteiger partial charge in [0.05, 0.1) is 18.1 Å². The lowest BCUT2D eigenvalue weighted by atomic mass is 10.4. The molecule has 2 rings (SSSR count). The normalized spacial score (nSPS) is 10.6. The van der Waals surface area contributed by atoms with Crippen molar-refractivity contribution in [3.63, 3.8) is 0 Å². The molecule has 0 fully saturated rings. The fourth-order valence-electron chi connectivity index (χ4n) is 1.19. The second kappa shape index (κ2) is 5.43. The molecular formula is C11H10FNOS2. The molecule has 1 heterocycles. The van der Waals surface area contributed by atoms with Gasteiger partial charge in [-0.3, -0.25) is 0 Å². The number of hydrogen-bond acceptors (Lipinski definition) is 4. The van der Waals surface area contributed by atoms with Crippen LogP contribution in [0.2, 0.25) is 0 Å². The summed E-state index contributed by atoms with van der Waals surface area (Å²) in [5.41, 5.74) is 0.694. The monoisotopic (exact) mass is 255 g/mol. The van der Waals surface area contributed by atoms with Gasteiger partial charge in [0.15, 0.2) is 0 Å². The minimum Gasteiger partial charge on any atom is -0.390 e. The van der Waals surface area contributed by atoms with Crippen LogP contribution < -0.4 is 0 Å². The maximum absolute atomic E-state index is 12.9. The molecule has 16 heavy (non-hydrogen) atoms. The number of aromatic nitrogens is 1. The number of rotatable bonds is 4. The van der Waals surface area contributed by atoms with E-state index in [1.54, 1.807) is 6.07 Å². The first-order chi connectivity index (χ1) is 7.78. The standard InChI is InChI=1S/C11H10FNOS2/c12-8-2-1-3-10(4-8)15-7-11-13-9(5-14)6-16-11/h1-4,6,14H,5,7H2. The largest absolute Gasteiger partial charge is 0.390 e. The van der Waals surface area contributed by atoms with Gasteiger partial charge in [0.25, 0.3) is 0 Å². The van der Waals surface area contributed by atoms with Crippen molar-refractivity contribution in [2.24, 2.45) is 0 Å². The topological polar surface area (TPSA) is 33.1 Å². The van der Waals surface area contributed by atoms with E-state index in [1.807, 2.05) is 11.4 Å². The van der Waals surface area contributed by atoms with Crippen molar-refractivity contribution < 1.29 is 9.50 Å². The smallest absolute Gasteiger partial charge is 0.124 e. The SMILES string of the molecule is OCc1csc(CSc2cccc(F)c2)n1. The van der Waals surface area contributed by atoms with Gasteiger partial charge in [-0.25, -0.2) is 9.37 Å². The molecule has 0 amide bonds. The zero-order valence-electron chi connectivity index (χ0n) is 8.39. The van der Waals surface area contributed by atoms with E-state index >= 15 is 0 Å². The molecule has 5 heteroatoms. The van der Waals surface area contributed by atoms with Gasteiger partial charge in [-0.2, -0.15) is 0 Å². The lowest BCUT2D eigenvalue weighted by molar-refractivity contribution is 0.277. The molecular weight excluding hydrogens is 245 g/mol. The summed E-state index contributed by atoms with van der Waals surface area (Å²) in [4.78, 5) is 5.11. The van der Waals surface area contributed by atoms with E-state index in [4.69, 9.17) is 5.11 Å². The molecule has 0 bridgehead atoms. The highest BCUT2D eigenvalue weighted by molar-refractivity contribution is 7.98. The highest BCUT2D eigenvalue weighted by atomic mass is 32.2. The van der Waals surface area contributed by atoms with Gasteiger partial charge in [-0.1, -0.05) is 6.07 Å². The number of hydrogen-bond donors (Lipinski definition) is 1. The highest BCUT2D eigenvalue weighted by Crippen LogP contribution is 2.24. The van der Waals surface area contributed by atoms with Gasteiger partial charge < -0.3 is 5.11 Å². The number of nitrogens with zero attached hydrogens (tertiary/aromatic N) is 1. The molecule has 0 saturated carbocycles. The number of aliphatic hydroxyl groups is 1. The summed E-state index contributed by atoms with van der Waals surface area (Å²) in [5, 5.41) is 11.6. The second-order valence-electron chi connectivity index (χ2n) is 3.14. The molecule has 0 radical (unpaired) electrons. The Morgan fingerprint density at radius 3 is 3.00 bits per heavy atom. The van der Waals surface area contributed by atoms with Crippen molar-refractivity contribution in [2.45, 2.75) is 17.3 Å². The van der Waals surface area contributed by atoms with Gasteiger partial charge >= 0.3 is 0 Å². The minimum atomic E-state index is -0.222. The van der Waals surface area contributed by atoms with Crippen molar-refractivity contribution in [3.05, 3.63) is 46.2 Å². The summed E-state index contributed by atoms with van der Waals surface area (Å²) in [5.74, 6) is 0.480. The van der Waals surface area contributed by atoms with Gasteiger partial charge in [-0.15, -0.1) is 23.1 Å². The van der Waals surface area contributed by atoms with E-state index in [9.17, 15) is 4.39 Å². The quantitative estimate of drug-likeness (QED) is 0.852. The Balaban J connectivity index is 1.96. The number of aliphatic hydroxyl groups excluding tert-OH is 1. The first-order valence-electron chi connectivity index (χ1n) is 4.70. The van der Waals surface area contributed by atoms with Crippen LogP contribution in [0, 0.1) is 5.82 Å². The first-order valence-corrected chi connectivity index (χ1v) is 6.57. The lowest BCUT2D eigenvalue weighted by Gasteiger charge is -1.98. The molecule has 0 atom stereocenters. The summed E-state index contributed by atoms with van der Waals surface area (Å²) < 4.78 is 12.9. The average molecular weight is 255 g/mol. The molecule has 1 aromatic carbocycles. The van der Waals surface area contributed by atoms with Crippen LogP contribution in [0.5, 0.6) is 0 Å². The Hall–Kier alpha value is -0.910. The van der Waals surface area contributed by atoms with Crippen LogP contribution in [-0.4, -0.2) is 10.1 Å². The van der Waals surface area contributed by atoms with Crippen LogP contribution in [0.1, 0.15) is 10.7 Å². The zero-order chi connectivity index (χ0) is 11.4. The van der Waals surface area contributed by atoms with Gasteiger partial charge in [0.2, 0.25) is 0 Å². The van der Waals surface area contributed by atoms with Crippen LogP contribution in [-0.2, 0) is 12.4 Å². The Morgan fingerprint density at radius 2 is 2.31 bits per heavy atom. The molecule has 0 spiro atoms. The summed E-state index contributed by atoms with van der Waals surface area (Å²) in [6.45, 7) is -0.0267. The predicted molar refractivity (Wildman–Crippen MR) is 64.0 cm³/mol. The van der Waals surface area contributed by atoms with E-state index in [-0.39, 0.29) is 12.4 Å². The van der Waals surface area contributed by atoms with E-state index in [1.165, 1.54) is 35.2 Å². The lowest BCUT2D eigenvalue weighted by Crippen LogP contribution is -1.84. The van der Waals surface area contributed by atoms with Gasteiger partial charge in [-0.05, 0) is 18.2 Å². The van der Waals surface area contributed by atoms with Crippen LogP contribution in [0.3, 0.4) is 0 Å². The third kappa shape index (κ3) is 3.04. The Morgan fingerprint density at radius 1 is 1.44 bits per heavy atom. The van der Waals surface area contributed by atoms with Crippen molar-refractivity contribution in [2.75, 3.05) is 0 Å². The highest BCUT2D eigenvalue weighted by Gasteiger charge is 2.02. The molecule has 2 nitrogen and oxygen atoms in total. The molecule has 1 N–H and O–H groups in total. The minimum absolute atomic E-state index is 0.0267. The maximum atomic E-state index is 12.9. The molecule has 1 aromatic heterocycles. The Labute approximate surface area is 101 Å². The van der Waals surface area contributed by atoms with Crippen LogP contribution in [0.25, 0.3) is 0 Å². The summed E-state index contributed by atoms with van der Waals surface area (Å²) >= 11 is 3.05. The Bertz CT molecular complexity index is 473. The third-order valence-electron chi connectivity index (χ3n) is 1.92. The summed E-state index contributed by atoms with van der Waals surface area (Å²) in [6, 6.07) is 6.50. The molecule has 0 aliphatic heterocycles. The van der Waals surface area contributed by atoms with Gasteiger partial charge in [0, 0.05) is 10.3 Å². The van der Waals surface area contributed by atoms with Crippen LogP contribution in [0.4, 0.5) is 4.39 Å². The Kier molecular flexibility index (Phi) is 3.93. The number of benzene rings is 1. The fraction of sp³-hybridized carbons (Fsp3) is 0.182. The van der Waals surface area contributed by atoms with E-state index < -0.39 is 0 Å². The predicted octanol–water partition coefficient (Wildman–Crippen LogP) is 3.07. The van der Waals surface area contributed by atoms with E-state index in [2.05, 4.69) is 4.98 Å². The molecule has 0 unspecified atom stereocenters. The van der Waals surface area contributed by atoms with Crippen LogP contribution in [0.15, 0.2) is 34.5 Å². The van der Waals surface area contributed by atoms with Crippen molar-refractivity contribution in [3.8, 4) is 0 Å². The van der Waals surface area contributed by atoms with E-state index in [0.717, 1.165) is 9.90 Å². The number of thiazole rings is 1. The van der Waals surface area contributed by atoms with Crippen molar-refractivity contribution in [1.82, 2.24) is 4.98 Å². The summed E-state index contributed by atoms with van der Waals surface area (Å²) in [6.07, 6.45) is 0. The van der Waals surface area contributed by atoms with Crippen molar-refractivity contribution >= 4 is 23.1 Å². The second-order valence-corrected chi connectivity index (χ2v) is 5.13. The summed E-state index contributed by atoms with van der Waals surface area (Å²) in [7, 11) is 0. The third-order valence-corrected chi connectivity index (χ3v) is 4.01. The van der Waals surface area contributed by atoms with Gasteiger partial charge in [0.1, 0.15) is 10.8 Å². The van der Waals surface area contributed by atoms with Crippen molar-refractivity contribution in [1.29, 1.82) is 0 Å². The first kappa shape index (κ1) is 11.6.